The fourth-order valence-corrected chi connectivity index (χ4v) is 3.91. The number of benzene rings is 1. The van der Waals surface area contributed by atoms with Crippen LogP contribution in [0.15, 0.2) is 39.8 Å². The molecule has 0 aliphatic carbocycles. The molecule has 1 aromatic carbocycles. The third-order valence-electron chi connectivity index (χ3n) is 5.70. The molecule has 1 aliphatic heterocycles. The van der Waals surface area contributed by atoms with Crippen LogP contribution in [0.1, 0.15) is 37.3 Å². The number of anilines is 1. The van der Waals surface area contributed by atoms with Crippen LogP contribution in [0, 0.1) is 0 Å². The van der Waals surface area contributed by atoms with Crippen molar-refractivity contribution in [2.75, 3.05) is 51.2 Å². The molecule has 0 saturated carbocycles. The molecule has 1 aromatic heterocycles. The van der Waals surface area contributed by atoms with Gasteiger partial charge >= 0.3 is 0 Å². The molecule has 2 heterocycles. The highest BCUT2D eigenvalue weighted by Gasteiger charge is 2.17. The van der Waals surface area contributed by atoms with Crippen LogP contribution < -0.4 is 15.5 Å². The fourth-order valence-electron chi connectivity index (χ4n) is 3.91. The van der Waals surface area contributed by atoms with E-state index < -0.39 is 0 Å². The molecule has 0 radical (unpaired) electrons. The largest absolute Gasteiger partial charge is 0.369 e. The highest BCUT2D eigenvalue weighted by molar-refractivity contribution is 14.0. The Balaban J connectivity index is 0.00000341. The minimum atomic E-state index is 0. The Morgan fingerprint density at radius 2 is 1.81 bits per heavy atom. The van der Waals surface area contributed by atoms with E-state index in [4.69, 9.17) is 4.52 Å². The maximum atomic E-state index is 5.44. The van der Waals surface area contributed by atoms with Crippen molar-refractivity contribution in [3.63, 3.8) is 0 Å². The number of aryl methyl sites for hydroxylation is 2. The maximum absolute atomic E-state index is 5.44. The molecular weight excluding hydrogens is 503 g/mol. The van der Waals surface area contributed by atoms with Gasteiger partial charge in [0.2, 0.25) is 0 Å². The quantitative estimate of drug-likeness (QED) is 0.220. The number of para-hydroxylation sites is 1. The fraction of sp³-hybridized carbons (Fsp3) is 0.565. The zero-order valence-electron chi connectivity index (χ0n) is 19.1. The number of piperazine rings is 1. The topological polar surface area (TPSA) is 68.9 Å². The molecule has 0 spiro atoms. The summed E-state index contributed by atoms with van der Waals surface area (Å²) in [6, 6.07) is 10.7. The van der Waals surface area contributed by atoms with Crippen LogP contribution in [-0.2, 0) is 19.4 Å². The normalized spacial score (nSPS) is 14.9. The second-order valence-electron chi connectivity index (χ2n) is 7.61. The van der Waals surface area contributed by atoms with Gasteiger partial charge in [0, 0.05) is 64.0 Å². The number of aromatic nitrogens is 1. The van der Waals surface area contributed by atoms with Gasteiger partial charge in [-0.3, -0.25) is 9.89 Å². The first kappa shape index (κ1) is 25.5. The first-order valence-electron chi connectivity index (χ1n) is 11.2. The van der Waals surface area contributed by atoms with Crippen molar-refractivity contribution in [2.24, 2.45) is 4.99 Å². The number of hydrogen-bond donors (Lipinski definition) is 2. The second kappa shape index (κ2) is 13.6. The minimum absolute atomic E-state index is 0. The Labute approximate surface area is 203 Å². The first-order valence-corrected chi connectivity index (χ1v) is 11.2. The second-order valence-corrected chi connectivity index (χ2v) is 7.61. The standard InChI is InChI=1S/C23H36N6O.HI/c1-4-21-20(22(5-2)30-27-21)18-26-23(24-3)25-12-9-13-28-14-16-29(17-15-28)19-10-7-6-8-11-19;/h6-8,10-11H,4-5,9,12-18H2,1-3H3,(H2,24,25,26);1H. The summed E-state index contributed by atoms with van der Waals surface area (Å²) in [6.45, 7) is 11.3. The van der Waals surface area contributed by atoms with Gasteiger partial charge in [-0.1, -0.05) is 37.2 Å². The van der Waals surface area contributed by atoms with E-state index in [2.05, 4.69) is 74.8 Å². The van der Waals surface area contributed by atoms with Crippen molar-refractivity contribution in [2.45, 2.75) is 39.7 Å². The first-order chi connectivity index (χ1) is 14.7. The molecule has 7 nitrogen and oxygen atoms in total. The van der Waals surface area contributed by atoms with Gasteiger partial charge in [0.05, 0.1) is 5.69 Å². The number of nitrogens with zero attached hydrogens (tertiary/aromatic N) is 4. The van der Waals surface area contributed by atoms with E-state index >= 15 is 0 Å². The Bertz CT molecular complexity index is 765. The molecule has 2 N–H and O–H groups in total. The van der Waals surface area contributed by atoms with Crippen molar-refractivity contribution >= 4 is 35.6 Å². The third kappa shape index (κ3) is 7.38. The lowest BCUT2D eigenvalue weighted by atomic mass is 10.1. The lowest BCUT2D eigenvalue weighted by Gasteiger charge is -2.36. The molecule has 0 unspecified atom stereocenters. The number of nitrogens with one attached hydrogen (secondary N) is 2. The number of guanidine groups is 1. The molecule has 1 fully saturated rings. The maximum Gasteiger partial charge on any atom is 0.191 e. The molecule has 0 atom stereocenters. The van der Waals surface area contributed by atoms with Gasteiger partial charge in [-0.05, 0) is 31.5 Å². The molecule has 31 heavy (non-hydrogen) atoms. The Morgan fingerprint density at radius 1 is 1.06 bits per heavy atom. The predicted molar refractivity (Wildman–Crippen MR) is 139 cm³/mol. The molecule has 0 amide bonds. The van der Waals surface area contributed by atoms with Gasteiger partial charge in [0.15, 0.2) is 5.96 Å². The van der Waals surface area contributed by atoms with Crippen molar-refractivity contribution < 1.29 is 4.52 Å². The van der Waals surface area contributed by atoms with Gasteiger partial charge < -0.3 is 20.1 Å². The van der Waals surface area contributed by atoms with E-state index in [9.17, 15) is 0 Å². The molecule has 1 saturated heterocycles. The summed E-state index contributed by atoms with van der Waals surface area (Å²) in [5, 5.41) is 11.0. The number of hydrogen-bond acceptors (Lipinski definition) is 5. The number of aliphatic imine (C=N–C) groups is 1. The Morgan fingerprint density at radius 3 is 2.45 bits per heavy atom. The zero-order valence-corrected chi connectivity index (χ0v) is 21.4. The highest BCUT2D eigenvalue weighted by Crippen LogP contribution is 2.16. The van der Waals surface area contributed by atoms with Crippen LogP contribution in [0.4, 0.5) is 5.69 Å². The van der Waals surface area contributed by atoms with Crippen molar-refractivity contribution in [1.82, 2.24) is 20.7 Å². The third-order valence-corrected chi connectivity index (χ3v) is 5.70. The van der Waals surface area contributed by atoms with Crippen molar-refractivity contribution in [1.29, 1.82) is 0 Å². The smallest absolute Gasteiger partial charge is 0.191 e. The van der Waals surface area contributed by atoms with Crippen molar-refractivity contribution in [3.8, 4) is 0 Å². The zero-order chi connectivity index (χ0) is 21.2. The van der Waals surface area contributed by atoms with E-state index in [1.807, 2.05) is 7.05 Å². The molecule has 1 aliphatic rings. The van der Waals surface area contributed by atoms with Crippen LogP contribution in [-0.4, -0.2) is 62.3 Å². The van der Waals surface area contributed by atoms with E-state index in [1.54, 1.807) is 0 Å². The molecule has 0 bridgehead atoms. The van der Waals surface area contributed by atoms with Crippen LogP contribution in [0.25, 0.3) is 0 Å². The summed E-state index contributed by atoms with van der Waals surface area (Å²) in [5.41, 5.74) is 3.53. The van der Waals surface area contributed by atoms with E-state index in [0.717, 1.165) is 75.9 Å². The van der Waals surface area contributed by atoms with Crippen molar-refractivity contribution in [3.05, 3.63) is 47.3 Å². The average Bonchev–Trinajstić information content (AvgIpc) is 3.21. The molecule has 2 aromatic rings. The number of rotatable bonds is 9. The number of halogens is 1. The average molecular weight is 540 g/mol. The highest BCUT2D eigenvalue weighted by atomic mass is 127. The van der Waals surface area contributed by atoms with Crippen LogP contribution in [0.3, 0.4) is 0 Å². The van der Waals surface area contributed by atoms with Gasteiger partial charge in [-0.25, -0.2) is 0 Å². The van der Waals surface area contributed by atoms with E-state index in [0.29, 0.717) is 6.54 Å². The van der Waals surface area contributed by atoms with E-state index in [-0.39, 0.29) is 24.0 Å². The van der Waals surface area contributed by atoms with Gasteiger partial charge in [0.1, 0.15) is 5.76 Å². The molecular formula is C23H37IN6O. The summed E-state index contributed by atoms with van der Waals surface area (Å²) < 4.78 is 5.44. The molecule has 8 heteroatoms. The monoisotopic (exact) mass is 540 g/mol. The van der Waals surface area contributed by atoms with E-state index in [1.165, 1.54) is 11.3 Å². The van der Waals surface area contributed by atoms with Gasteiger partial charge in [-0.2, -0.15) is 0 Å². The molecule has 172 valence electrons. The lowest BCUT2D eigenvalue weighted by Crippen LogP contribution is -2.47. The Kier molecular flexibility index (Phi) is 11.1. The van der Waals surface area contributed by atoms with Crippen LogP contribution >= 0.6 is 24.0 Å². The van der Waals surface area contributed by atoms with Gasteiger partial charge in [-0.15, -0.1) is 24.0 Å². The Hall–Kier alpha value is -1.81. The summed E-state index contributed by atoms with van der Waals surface area (Å²) in [6.07, 6.45) is 2.83. The summed E-state index contributed by atoms with van der Waals surface area (Å²) >= 11 is 0. The van der Waals surface area contributed by atoms with Crippen LogP contribution in [0.2, 0.25) is 0 Å². The summed E-state index contributed by atoms with van der Waals surface area (Å²) in [7, 11) is 1.81. The molecule has 3 rings (SSSR count). The van der Waals surface area contributed by atoms with Gasteiger partial charge in [0.25, 0.3) is 0 Å². The lowest BCUT2D eigenvalue weighted by molar-refractivity contribution is 0.255. The minimum Gasteiger partial charge on any atom is -0.369 e. The SMILES string of the molecule is CCc1noc(CC)c1CNC(=NC)NCCCN1CCN(c2ccccc2)CC1.I. The summed E-state index contributed by atoms with van der Waals surface area (Å²) in [4.78, 5) is 9.37. The predicted octanol–water partition coefficient (Wildman–Crippen LogP) is 3.29. The summed E-state index contributed by atoms with van der Waals surface area (Å²) in [5.74, 6) is 1.79. The van der Waals surface area contributed by atoms with Crippen LogP contribution in [0.5, 0.6) is 0 Å².